The summed E-state index contributed by atoms with van der Waals surface area (Å²) in [6.45, 7) is 11.3. The van der Waals surface area contributed by atoms with Gasteiger partial charge in [0.1, 0.15) is 18.8 Å². The predicted octanol–water partition coefficient (Wildman–Crippen LogP) is 6.75. The van der Waals surface area contributed by atoms with Crippen LogP contribution in [0.3, 0.4) is 0 Å². The van der Waals surface area contributed by atoms with Crippen molar-refractivity contribution in [3.63, 3.8) is 0 Å². The largest absolute Gasteiger partial charge is 0.488 e. The van der Waals surface area contributed by atoms with Crippen molar-refractivity contribution in [2.24, 2.45) is 0 Å². The molecule has 10 heteroatoms. The summed E-state index contributed by atoms with van der Waals surface area (Å²) in [7, 11) is 2.04. The molecule has 260 valence electrons. The lowest BCUT2D eigenvalue weighted by Crippen LogP contribution is -2.45. The highest BCUT2D eigenvalue weighted by Crippen LogP contribution is 2.49. The number of hydrogen-bond acceptors (Lipinski definition) is 7. The number of rotatable bonds is 10. The second-order valence-corrected chi connectivity index (χ2v) is 14.6. The predicted molar refractivity (Wildman–Crippen MR) is 187 cm³/mol. The third-order valence-electron chi connectivity index (χ3n) is 10.0. The number of ether oxygens (including phenoxy) is 3. The summed E-state index contributed by atoms with van der Waals surface area (Å²) < 4.78 is 21.0. The van der Waals surface area contributed by atoms with E-state index < -0.39 is 17.7 Å². The average molecular weight is 661 g/mol. The van der Waals surface area contributed by atoms with Crippen LogP contribution >= 0.6 is 0 Å². The molecule has 1 aliphatic carbocycles. The monoisotopic (exact) mass is 660 g/mol. The van der Waals surface area contributed by atoms with Crippen molar-refractivity contribution in [3.05, 3.63) is 47.5 Å². The van der Waals surface area contributed by atoms with Crippen molar-refractivity contribution in [3.8, 4) is 22.8 Å². The van der Waals surface area contributed by atoms with Crippen molar-refractivity contribution in [2.75, 3.05) is 53.0 Å². The summed E-state index contributed by atoms with van der Waals surface area (Å²) in [5, 5.41) is 14.0. The molecule has 48 heavy (non-hydrogen) atoms. The summed E-state index contributed by atoms with van der Waals surface area (Å²) in [5.41, 5.74) is 4.03. The Morgan fingerprint density at radius 2 is 1.83 bits per heavy atom. The molecule has 1 amide bonds. The first-order valence-electron chi connectivity index (χ1n) is 17.8. The molecule has 1 saturated carbocycles. The Kier molecular flexibility index (Phi) is 10.5. The van der Waals surface area contributed by atoms with Crippen LogP contribution in [0.25, 0.3) is 22.2 Å². The number of carbonyl (C=O) groups excluding carboxylic acids is 1. The second-order valence-electron chi connectivity index (χ2n) is 14.6. The minimum absolute atomic E-state index is 0.0710. The number of benzene rings is 2. The van der Waals surface area contributed by atoms with E-state index in [1.807, 2.05) is 46.0 Å². The number of hydrogen-bond donors (Lipinski definition) is 2. The molecule has 0 spiro atoms. The fourth-order valence-electron chi connectivity index (χ4n) is 7.59. The first-order chi connectivity index (χ1) is 23.1. The molecule has 3 heterocycles. The van der Waals surface area contributed by atoms with Gasteiger partial charge in [0.05, 0.1) is 17.3 Å². The zero-order valence-corrected chi connectivity index (χ0v) is 29.1. The minimum atomic E-state index is -0.934. The van der Waals surface area contributed by atoms with E-state index in [-0.39, 0.29) is 11.6 Å². The van der Waals surface area contributed by atoms with Crippen molar-refractivity contribution in [2.45, 2.75) is 89.8 Å². The molecule has 1 atom stereocenters. The molecule has 10 nitrogen and oxygen atoms in total. The maximum absolute atomic E-state index is 12.4. The highest BCUT2D eigenvalue weighted by Gasteiger charge is 2.33. The van der Waals surface area contributed by atoms with E-state index in [4.69, 9.17) is 14.2 Å². The zero-order valence-electron chi connectivity index (χ0n) is 29.1. The zero-order chi connectivity index (χ0) is 33.8. The number of aromatic nitrogens is 1. The Hall–Kier alpha value is -3.76. The normalized spacial score (nSPS) is 18.9. The van der Waals surface area contributed by atoms with Crippen LogP contribution in [0.1, 0.15) is 87.6 Å². The van der Waals surface area contributed by atoms with Gasteiger partial charge in [0.15, 0.2) is 11.5 Å². The van der Waals surface area contributed by atoms with Crippen LogP contribution in [0.15, 0.2) is 36.4 Å². The summed E-state index contributed by atoms with van der Waals surface area (Å²) in [6, 6.07) is 11.7. The Bertz CT molecular complexity index is 1600. The lowest BCUT2D eigenvalue weighted by atomic mass is 9.81. The first-order valence-corrected chi connectivity index (χ1v) is 17.8. The van der Waals surface area contributed by atoms with Gasteiger partial charge in [0.25, 0.3) is 0 Å². The topological polar surface area (TPSA) is 106 Å². The van der Waals surface area contributed by atoms with Crippen LogP contribution in [0, 0.1) is 0 Å². The van der Waals surface area contributed by atoms with E-state index in [9.17, 15) is 14.7 Å². The van der Waals surface area contributed by atoms with Gasteiger partial charge in [-0.2, -0.15) is 0 Å². The summed E-state index contributed by atoms with van der Waals surface area (Å²) in [6.07, 6.45) is 7.86. The highest BCUT2D eigenvalue weighted by molar-refractivity contribution is 5.99. The van der Waals surface area contributed by atoms with Gasteiger partial charge in [-0.3, -0.25) is 9.80 Å². The van der Waals surface area contributed by atoms with Gasteiger partial charge in [-0.05, 0) is 102 Å². The van der Waals surface area contributed by atoms with Crippen molar-refractivity contribution in [1.29, 1.82) is 0 Å². The van der Waals surface area contributed by atoms with Gasteiger partial charge in [-0.1, -0.05) is 31.4 Å². The molecular formula is C38H52N4O6. The van der Waals surface area contributed by atoms with Gasteiger partial charge in [0, 0.05) is 42.6 Å². The van der Waals surface area contributed by atoms with Crippen molar-refractivity contribution in [1.82, 2.24) is 19.7 Å². The number of carboxylic acids is 1. The summed E-state index contributed by atoms with van der Waals surface area (Å²) >= 11 is 0. The van der Waals surface area contributed by atoms with E-state index in [2.05, 4.69) is 31.8 Å². The molecular weight excluding hydrogens is 608 g/mol. The van der Waals surface area contributed by atoms with Gasteiger partial charge in [-0.25, -0.2) is 9.59 Å². The second kappa shape index (κ2) is 14.8. The number of likely N-dealkylation sites (tertiary alicyclic amines) is 1. The van der Waals surface area contributed by atoms with Gasteiger partial charge in [0.2, 0.25) is 0 Å². The van der Waals surface area contributed by atoms with E-state index in [1.54, 1.807) is 6.07 Å². The SMILES string of the molecule is CN(CCNC(=O)OC(C)(C)C)[C@H]1COc2c(OCCN3CCCC3)cccc2-c2c(C3CCCCC3)c3ccc(C(=O)O)cc3n2C1. The van der Waals surface area contributed by atoms with Crippen molar-refractivity contribution < 1.29 is 28.9 Å². The summed E-state index contributed by atoms with van der Waals surface area (Å²) in [5.74, 6) is 0.911. The molecule has 3 aliphatic rings. The number of aromatic carboxylic acids is 1. The number of nitrogens with zero attached hydrogens (tertiary/aromatic N) is 3. The number of para-hydroxylation sites is 1. The molecule has 2 fully saturated rings. The van der Waals surface area contributed by atoms with Crippen LogP contribution < -0.4 is 14.8 Å². The number of carbonyl (C=O) groups is 2. The third-order valence-corrected chi connectivity index (χ3v) is 10.0. The number of fused-ring (bicyclic) bond motifs is 5. The Morgan fingerprint density at radius 3 is 2.56 bits per heavy atom. The average Bonchev–Trinajstić information content (AvgIpc) is 3.67. The molecule has 0 radical (unpaired) electrons. The van der Waals surface area contributed by atoms with E-state index in [1.165, 1.54) is 37.7 Å². The van der Waals surface area contributed by atoms with Crippen LogP contribution in [0.5, 0.6) is 11.5 Å². The van der Waals surface area contributed by atoms with Crippen LogP contribution in [-0.4, -0.2) is 96.2 Å². The third kappa shape index (κ3) is 7.76. The Morgan fingerprint density at radius 1 is 1.06 bits per heavy atom. The molecule has 3 aromatic rings. The smallest absolute Gasteiger partial charge is 0.407 e. The number of alkyl carbamates (subject to hydrolysis) is 1. The van der Waals surface area contributed by atoms with Crippen molar-refractivity contribution >= 4 is 23.0 Å². The standard InChI is InChI=1S/C38H52N4O6/c1-38(2,3)48-37(45)39-17-20-40(4)28-24-42-31-23-27(36(43)44)15-16-29(31)33(26-11-6-5-7-12-26)34(42)30-13-10-14-32(35(30)47-25-28)46-22-21-41-18-8-9-19-41/h10,13-16,23,26,28H,5-9,11-12,17-22,24-25H2,1-4H3,(H,39,45)(H,43,44)/t28-/m1/s1. The van der Waals surface area contributed by atoms with E-state index >= 15 is 0 Å². The molecule has 2 aromatic carbocycles. The molecule has 1 aromatic heterocycles. The number of amides is 1. The Labute approximate surface area is 284 Å². The summed E-state index contributed by atoms with van der Waals surface area (Å²) in [4.78, 5) is 29.2. The quantitative estimate of drug-likeness (QED) is 0.246. The maximum atomic E-state index is 12.4. The molecule has 2 N–H and O–H groups in total. The fraction of sp³-hybridized carbons (Fsp3) is 0.579. The molecule has 2 aliphatic heterocycles. The number of carboxylic acid groups (broad SMARTS) is 1. The maximum Gasteiger partial charge on any atom is 0.407 e. The Balaban J connectivity index is 1.40. The minimum Gasteiger partial charge on any atom is -0.488 e. The number of nitrogens with one attached hydrogen (secondary N) is 1. The van der Waals surface area contributed by atoms with Gasteiger partial charge >= 0.3 is 12.1 Å². The molecule has 6 rings (SSSR count). The van der Waals surface area contributed by atoms with Crippen LogP contribution in [0.4, 0.5) is 4.79 Å². The molecule has 1 saturated heterocycles. The van der Waals surface area contributed by atoms with Gasteiger partial charge < -0.3 is 29.2 Å². The van der Waals surface area contributed by atoms with Gasteiger partial charge in [-0.15, -0.1) is 0 Å². The van der Waals surface area contributed by atoms with E-state index in [0.29, 0.717) is 38.8 Å². The molecule has 0 unspecified atom stereocenters. The molecule has 0 bridgehead atoms. The highest BCUT2D eigenvalue weighted by atomic mass is 16.6. The van der Waals surface area contributed by atoms with Crippen LogP contribution in [0.2, 0.25) is 0 Å². The lowest BCUT2D eigenvalue weighted by Gasteiger charge is -2.33. The number of likely N-dealkylation sites (N-methyl/N-ethyl adjacent to an activating group) is 1. The fourth-order valence-corrected chi connectivity index (χ4v) is 7.59. The van der Waals surface area contributed by atoms with E-state index in [0.717, 1.165) is 66.1 Å². The van der Waals surface area contributed by atoms with Crippen LogP contribution in [-0.2, 0) is 11.3 Å². The first kappa shape index (κ1) is 34.1. The lowest BCUT2D eigenvalue weighted by molar-refractivity contribution is 0.0516.